The average molecular weight is 195 g/mol. The van der Waals surface area contributed by atoms with Crippen LogP contribution in [0.1, 0.15) is 6.92 Å². The number of carbonyl (C=O) groups is 1. The van der Waals surface area contributed by atoms with E-state index in [0.29, 0.717) is 11.6 Å². The lowest BCUT2D eigenvalue weighted by Crippen LogP contribution is -2.32. The Labute approximate surface area is 82.3 Å². The number of aromatic nitrogens is 1. The molecule has 1 aromatic heterocycles. The quantitative estimate of drug-likeness (QED) is 0.730. The largest absolute Gasteiger partial charge is 0.495 e. The summed E-state index contributed by atoms with van der Waals surface area (Å²) in [5.41, 5.74) is 5.38. The fourth-order valence-corrected chi connectivity index (χ4v) is 0.815. The number of nitrogens with two attached hydrogens (primary N) is 1. The van der Waals surface area contributed by atoms with Gasteiger partial charge in [-0.1, -0.05) is 0 Å². The zero-order valence-corrected chi connectivity index (χ0v) is 8.15. The van der Waals surface area contributed by atoms with E-state index in [-0.39, 0.29) is 5.91 Å². The molecule has 1 aromatic rings. The summed E-state index contributed by atoms with van der Waals surface area (Å²) in [7, 11) is 1.55. The van der Waals surface area contributed by atoms with Crippen LogP contribution in [0.3, 0.4) is 0 Å². The summed E-state index contributed by atoms with van der Waals surface area (Å²) < 4.78 is 4.92. The average Bonchev–Trinajstić information content (AvgIpc) is 2.19. The Morgan fingerprint density at radius 2 is 2.36 bits per heavy atom. The number of carbonyl (C=O) groups excluding carboxylic acids is 1. The normalized spacial score (nSPS) is 11.9. The minimum atomic E-state index is -0.543. The summed E-state index contributed by atoms with van der Waals surface area (Å²) in [4.78, 5) is 15.1. The molecule has 5 heteroatoms. The first-order chi connectivity index (χ1) is 6.63. The Kier molecular flexibility index (Phi) is 3.41. The van der Waals surface area contributed by atoms with E-state index in [9.17, 15) is 4.79 Å². The number of nitrogens with zero attached hydrogens (tertiary/aromatic N) is 1. The van der Waals surface area contributed by atoms with Gasteiger partial charge in [0, 0.05) is 0 Å². The Morgan fingerprint density at radius 1 is 1.64 bits per heavy atom. The number of hydrogen-bond donors (Lipinski definition) is 2. The number of methoxy groups -OCH3 is 1. The molecule has 76 valence electrons. The van der Waals surface area contributed by atoms with Crippen LogP contribution in [-0.2, 0) is 4.79 Å². The molecule has 1 rings (SSSR count). The van der Waals surface area contributed by atoms with Crippen LogP contribution in [-0.4, -0.2) is 24.0 Å². The van der Waals surface area contributed by atoms with Gasteiger partial charge in [-0.25, -0.2) is 4.98 Å². The smallest absolute Gasteiger partial charge is 0.242 e. The fraction of sp³-hybridized carbons (Fsp3) is 0.333. The lowest BCUT2D eigenvalue weighted by atomic mass is 10.3. The Hall–Kier alpha value is -1.62. The van der Waals surface area contributed by atoms with Crippen molar-refractivity contribution in [3.05, 3.63) is 18.3 Å². The molecule has 0 radical (unpaired) electrons. The Morgan fingerprint density at radius 3 is 2.79 bits per heavy atom. The van der Waals surface area contributed by atoms with E-state index in [2.05, 4.69) is 10.3 Å². The summed E-state index contributed by atoms with van der Waals surface area (Å²) in [6.45, 7) is 1.61. The van der Waals surface area contributed by atoms with Gasteiger partial charge < -0.3 is 15.8 Å². The number of hydrogen-bond acceptors (Lipinski definition) is 4. The number of rotatable bonds is 3. The van der Waals surface area contributed by atoms with Crippen molar-refractivity contribution in [2.45, 2.75) is 13.0 Å². The summed E-state index contributed by atoms with van der Waals surface area (Å²) in [5, 5.41) is 2.56. The number of ether oxygens (including phenoxy) is 1. The SMILES string of the molecule is COc1ccc(NC(=O)C(C)N)nc1. The second-order valence-corrected chi connectivity index (χ2v) is 2.86. The van der Waals surface area contributed by atoms with Gasteiger partial charge in [0.05, 0.1) is 19.3 Å². The fourth-order valence-electron chi connectivity index (χ4n) is 0.815. The number of nitrogens with one attached hydrogen (secondary N) is 1. The van der Waals surface area contributed by atoms with E-state index in [0.717, 1.165) is 0 Å². The van der Waals surface area contributed by atoms with Gasteiger partial charge in [0.1, 0.15) is 11.6 Å². The third kappa shape index (κ3) is 2.70. The number of anilines is 1. The van der Waals surface area contributed by atoms with Crippen LogP contribution in [0.2, 0.25) is 0 Å². The van der Waals surface area contributed by atoms with Crippen molar-refractivity contribution >= 4 is 11.7 Å². The third-order valence-electron chi connectivity index (χ3n) is 1.64. The van der Waals surface area contributed by atoms with E-state index in [4.69, 9.17) is 10.5 Å². The van der Waals surface area contributed by atoms with Gasteiger partial charge >= 0.3 is 0 Å². The van der Waals surface area contributed by atoms with Crippen molar-refractivity contribution in [3.63, 3.8) is 0 Å². The molecule has 0 aliphatic rings. The highest BCUT2D eigenvalue weighted by molar-refractivity contribution is 5.93. The molecule has 0 aliphatic heterocycles. The van der Waals surface area contributed by atoms with Crippen molar-refractivity contribution in [1.29, 1.82) is 0 Å². The number of amides is 1. The van der Waals surface area contributed by atoms with E-state index >= 15 is 0 Å². The molecule has 1 unspecified atom stereocenters. The van der Waals surface area contributed by atoms with Crippen molar-refractivity contribution in [3.8, 4) is 5.75 Å². The molecule has 0 saturated heterocycles. The highest BCUT2D eigenvalue weighted by atomic mass is 16.5. The third-order valence-corrected chi connectivity index (χ3v) is 1.64. The van der Waals surface area contributed by atoms with Crippen LogP contribution in [0.15, 0.2) is 18.3 Å². The van der Waals surface area contributed by atoms with Crippen molar-refractivity contribution in [1.82, 2.24) is 4.98 Å². The van der Waals surface area contributed by atoms with Gasteiger partial charge in [-0.3, -0.25) is 4.79 Å². The standard InChI is InChI=1S/C9H13N3O2/c1-6(10)9(13)12-8-4-3-7(14-2)5-11-8/h3-6H,10H2,1-2H3,(H,11,12,13). The van der Waals surface area contributed by atoms with Crippen LogP contribution in [0.5, 0.6) is 5.75 Å². The van der Waals surface area contributed by atoms with Crippen LogP contribution in [0.25, 0.3) is 0 Å². The van der Waals surface area contributed by atoms with Gasteiger partial charge in [-0.05, 0) is 19.1 Å². The first-order valence-corrected chi connectivity index (χ1v) is 4.20. The molecule has 5 nitrogen and oxygen atoms in total. The molecule has 0 fully saturated rings. The molecule has 14 heavy (non-hydrogen) atoms. The van der Waals surface area contributed by atoms with E-state index in [1.165, 1.54) is 6.20 Å². The van der Waals surface area contributed by atoms with E-state index in [1.54, 1.807) is 26.2 Å². The zero-order valence-electron chi connectivity index (χ0n) is 8.15. The summed E-state index contributed by atoms with van der Waals surface area (Å²) in [6, 6.07) is 2.82. The topological polar surface area (TPSA) is 77.2 Å². The Bertz CT molecular complexity index is 308. The molecule has 0 aromatic carbocycles. The predicted molar refractivity (Wildman–Crippen MR) is 53.1 cm³/mol. The molecular weight excluding hydrogens is 182 g/mol. The summed E-state index contributed by atoms with van der Waals surface area (Å²) in [5.74, 6) is 0.847. The first-order valence-electron chi connectivity index (χ1n) is 4.20. The molecular formula is C9H13N3O2. The predicted octanol–water partition coefficient (Wildman–Crippen LogP) is 0.376. The van der Waals surface area contributed by atoms with Gasteiger partial charge in [-0.15, -0.1) is 0 Å². The van der Waals surface area contributed by atoms with Crippen LogP contribution < -0.4 is 15.8 Å². The van der Waals surface area contributed by atoms with Crippen LogP contribution in [0, 0.1) is 0 Å². The molecule has 0 saturated carbocycles. The monoisotopic (exact) mass is 195 g/mol. The van der Waals surface area contributed by atoms with Gasteiger partial charge in [0.25, 0.3) is 0 Å². The zero-order chi connectivity index (χ0) is 10.6. The van der Waals surface area contributed by atoms with Gasteiger partial charge in [0.15, 0.2) is 0 Å². The lowest BCUT2D eigenvalue weighted by Gasteiger charge is -2.06. The minimum Gasteiger partial charge on any atom is -0.495 e. The molecule has 0 bridgehead atoms. The maximum Gasteiger partial charge on any atom is 0.242 e. The second-order valence-electron chi connectivity index (χ2n) is 2.86. The lowest BCUT2D eigenvalue weighted by molar-refractivity contribution is -0.117. The summed E-state index contributed by atoms with van der Waals surface area (Å²) in [6.07, 6.45) is 1.52. The Balaban J connectivity index is 2.64. The molecule has 0 aliphatic carbocycles. The van der Waals surface area contributed by atoms with Crippen LogP contribution >= 0.6 is 0 Å². The molecule has 1 atom stereocenters. The van der Waals surface area contributed by atoms with Gasteiger partial charge in [0.2, 0.25) is 5.91 Å². The molecule has 1 amide bonds. The van der Waals surface area contributed by atoms with E-state index < -0.39 is 6.04 Å². The molecule has 1 heterocycles. The van der Waals surface area contributed by atoms with Crippen molar-refractivity contribution in [2.75, 3.05) is 12.4 Å². The highest BCUT2D eigenvalue weighted by Crippen LogP contribution is 2.10. The highest BCUT2D eigenvalue weighted by Gasteiger charge is 2.07. The maximum absolute atomic E-state index is 11.2. The first kappa shape index (κ1) is 10.5. The second kappa shape index (κ2) is 4.57. The van der Waals surface area contributed by atoms with E-state index in [1.807, 2.05) is 0 Å². The maximum atomic E-state index is 11.2. The minimum absolute atomic E-state index is 0.261. The van der Waals surface area contributed by atoms with Crippen molar-refractivity contribution in [2.24, 2.45) is 5.73 Å². The summed E-state index contributed by atoms with van der Waals surface area (Å²) >= 11 is 0. The van der Waals surface area contributed by atoms with Crippen LogP contribution in [0.4, 0.5) is 5.82 Å². The molecule has 0 spiro atoms. The van der Waals surface area contributed by atoms with Crippen molar-refractivity contribution < 1.29 is 9.53 Å². The van der Waals surface area contributed by atoms with Gasteiger partial charge in [-0.2, -0.15) is 0 Å². The molecule has 3 N–H and O–H groups in total. The number of pyridine rings is 1.